The Labute approximate surface area is 153 Å². The maximum absolute atomic E-state index is 13.0. The number of nitrogen functional groups attached to an aromatic ring is 1. The van der Waals surface area contributed by atoms with Crippen LogP contribution in [0.2, 0.25) is 5.02 Å². The molecule has 4 N–H and O–H groups in total. The zero-order valence-corrected chi connectivity index (χ0v) is 14.3. The van der Waals surface area contributed by atoms with E-state index in [2.05, 4.69) is 20.3 Å². The lowest BCUT2D eigenvalue weighted by Gasteiger charge is -2.06. The number of pyridine rings is 1. The summed E-state index contributed by atoms with van der Waals surface area (Å²) in [6.07, 6.45) is 5.22. The first kappa shape index (κ1) is 16.3. The highest BCUT2D eigenvalue weighted by molar-refractivity contribution is 6.32. The molecule has 6 nitrogen and oxygen atoms in total. The monoisotopic (exact) mass is 369 g/mol. The first-order valence-corrected chi connectivity index (χ1v) is 8.27. The summed E-state index contributed by atoms with van der Waals surface area (Å²) in [6, 6.07) is 10.3. The van der Waals surface area contributed by atoms with E-state index >= 15 is 0 Å². The number of aromatic nitrogens is 4. The Kier molecular flexibility index (Phi) is 4.14. The number of aromatic amines is 1. The van der Waals surface area contributed by atoms with Gasteiger partial charge in [0.15, 0.2) is 5.69 Å². The molecule has 130 valence electrons. The van der Waals surface area contributed by atoms with Crippen LogP contribution in [0.15, 0.2) is 55.0 Å². The van der Waals surface area contributed by atoms with Crippen LogP contribution in [-0.4, -0.2) is 15.0 Å². The fourth-order valence-electron chi connectivity index (χ4n) is 2.68. The molecule has 0 fully saturated rings. The molecule has 0 amide bonds. The van der Waals surface area contributed by atoms with E-state index < -0.39 is 0 Å². The van der Waals surface area contributed by atoms with E-state index in [4.69, 9.17) is 17.3 Å². The van der Waals surface area contributed by atoms with E-state index in [-0.39, 0.29) is 11.8 Å². The molecule has 0 bridgehead atoms. The normalized spacial score (nSPS) is 11.0. The third-order valence-electron chi connectivity index (χ3n) is 3.98. The smallest absolute Gasteiger partial charge is 0.284 e. The Morgan fingerprint density at radius 1 is 1.19 bits per heavy atom. The molecule has 0 unspecified atom stereocenters. The van der Waals surface area contributed by atoms with E-state index in [0.717, 1.165) is 22.6 Å². The van der Waals surface area contributed by atoms with Crippen LogP contribution in [0.1, 0.15) is 5.56 Å². The number of nitrogens with two attached hydrogens (primary N) is 1. The highest BCUT2D eigenvalue weighted by atomic mass is 35.5. The number of nitrogens with zero attached hydrogens (tertiary/aromatic N) is 3. The maximum Gasteiger partial charge on any atom is 0.284 e. The molecule has 0 radical (unpaired) electrons. The molecule has 0 spiro atoms. The van der Waals surface area contributed by atoms with Gasteiger partial charge in [-0.15, -0.1) is 0 Å². The lowest BCUT2D eigenvalue weighted by Crippen LogP contribution is -2.23. The predicted molar refractivity (Wildman–Crippen MR) is 98.1 cm³/mol. The molecule has 3 heterocycles. The fraction of sp³-hybridized carbons (Fsp3) is 0.0556. The van der Waals surface area contributed by atoms with Crippen LogP contribution < -0.4 is 15.5 Å². The number of hydrogen-bond donors (Lipinski definition) is 3. The highest BCUT2D eigenvalue weighted by Gasteiger charge is 2.18. The molecular weight excluding hydrogens is 355 g/mol. The van der Waals surface area contributed by atoms with E-state index in [0.29, 0.717) is 17.3 Å². The molecule has 0 atom stereocenters. The lowest BCUT2D eigenvalue weighted by molar-refractivity contribution is -0.497. The summed E-state index contributed by atoms with van der Waals surface area (Å²) in [4.78, 5) is 11.3. The highest BCUT2D eigenvalue weighted by Crippen LogP contribution is 2.23. The molecule has 0 aliphatic heterocycles. The van der Waals surface area contributed by atoms with Crippen molar-refractivity contribution in [2.24, 2.45) is 0 Å². The number of rotatable bonds is 4. The first-order valence-electron chi connectivity index (χ1n) is 7.89. The average molecular weight is 370 g/mol. The molecule has 4 rings (SSSR count). The number of halogens is 2. The number of fused-ring (bicyclic) bond motifs is 1. The summed E-state index contributed by atoms with van der Waals surface area (Å²) >= 11 is 6.23. The SMILES string of the molecule is Nc1ncc(Cl)c(-c2c[nH]c3ccc(NCc4ccc(F)cc4)c[n+]23)n1. The van der Waals surface area contributed by atoms with Crippen molar-refractivity contribution < 1.29 is 8.79 Å². The Balaban J connectivity index is 1.66. The Morgan fingerprint density at radius 3 is 2.81 bits per heavy atom. The van der Waals surface area contributed by atoms with Gasteiger partial charge in [-0.25, -0.2) is 19.3 Å². The summed E-state index contributed by atoms with van der Waals surface area (Å²) in [6.45, 7) is 0.577. The average Bonchev–Trinajstić information content (AvgIpc) is 3.06. The van der Waals surface area contributed by atoms with Gasteiger partial charge in [-0.3, -0.25) is 0 Å². The van der Waals surface area contributed by atoms with Gasteiger partial charge in [0, 0.05) is 12.6 Å². The third kappa shape index (κ3) is 3.16. The Bertz CT molecular complexity index is 1080. The molecule has 0 saturated heterocycles. The number of hydrogen-bond acceptors (Lipinski definition) is 4. The molecule has 0 saturated carbocycles. The minimum atomic E-state index is -0.247. The van der Waals surface area contributed by atoms with Crippen LogP contribution in [0.25, 0.3) is 17.0 Å². The summed E-state index contributed by atoms with van der Waals surface area (Å²) in [5.41, 5.74) is 9.76. The van der Waals surface area contributed by atoms with Gasteiger partial charge in [0.2, 0.25) is 5.95 Å². The molecule has 0 aliphatic carbocycles. The zero-order chi connectivity index (χ0) is 18.1. The molecule has 8 heteroatoms. The fourth-order valence-corrected chi connectivity index (χ4v) is 2.87. The molecule has 4 aromatic rings. The van der Waals surface area contributed by atoms with Gasteiger partial charge in [-0.1, -0.05) is 23.7 Å². The van der Waals surface area contributed by atoms with Crippen LogP contribution in [0, 0.1) is 5.82 Å². The van der Waals surface area contributed by atoms with Crippen molar-refractivity contribution in [1.29, 1.82) is 0 Å². The summed E-state index contributed by atoms with van der Waals surface area (Å²) in [5.74, 6) is -0.0892. The minimum absolute atomic E-state index is 0.157. The number of imidazole rings is 1. The van der Waals surface area contributed by atoms with Gasteiger partial charge in [0.05, 0.1) is 16.9 Å². The van der Waals surface area contributed by atoms with E-state index in [1.807, 2.05) is 28.9 Å². The third-order valence-corrected chi connectivity index (χ3v) is 4.26. The van der Waals surface area contributed by atoms with Gasteiger partial charge in [0.25, 0.3) is 5.65 Å². The standard InChI is InChI=1S/C18H14ClFN6/c19-14-8-24-18(21)25-17(14)15-9-23-16-6-5-13(10-26(15)16)22-7-11-1-3-12(20)4-2-11/h1-6,8-10,22H,7H2,(H2,21,24,25)/p+1. The zero-order valence-electron chi connectivity index (χ0n) is 13.6. The van der Waals surface area contributed by atoms with Crippen molar-refractivity contribution in [3.63, 3.8) is 0 Å². The Morgan fingerprint density at radius 2 is 2.00 bits per heavy atom. The first-order chi connectivity index (χ1) is 12.6. The van der Waals surface area contributed by atoms with Crippen molar-refractivity contribution in [2.45, 2.75) is 6.54 Å². The molecule has 3 aromatic heterocycles. The van der Waals surface area contributed by atoms with E-state index in [1.54, 1.807) is 12.1 Å². The lowest BCUT2D eigenvalue weighted by atomic mass is 10.2. The number of H-pyrrole nitrogens is 1. The number of anilines is 2. The van der Waals surface area contributed by atoms with Gasteiger partial charge in [-0.05, 0) is 23.8 Å². The van der Waals surface area contributed by atoms with Crippen molar-refractivity contribution >= 4 is 28.9 Å². The molecule has 26 heavy (non-hydrogen) atoms. The number of nitrogens with one attached hydrogen (secondary N) is 2. The largest absolute Gasteiger partial charge is 0.378 e. The summed E-state index contributed by atoms with van der Waals surface area (Å²) in [5, 5.41) is 3.73. The van der Waals surface area contributed by atoms with Crippen molar-refractivity contribution in [3.8, 4) is 11.4 Å². The van der Waals surface area contributed by atoms with Crippen LogP contribution >= 0.6 is 11.6 Å². The second-order valence-corrected chi connectivity index (χ2v) is 6.16. The predicted octanol–water partition coefficient (Wildman–Crippen LogP) is 3.20. The topological polar surface area (TPSA) is 83.7 Å². The van der Waals surface area contributed by atoms with Gasteiger partial charge in [-0.2, -0.15) is 4.40 Å². The maximum atomic E-state index is 13.0. The van der Waals surface area contributed by atoms with Crippen molar-refractivity contribution in [1.82, 2.24) is 15.0 Å². The van der Waals surface area contributed by atoms with E-state index in [1.165, 1.54) is 18.3 Å². The van der Waals surface area contributed by atoms with Crippen molar-refractivity contribution in [2.75, 3.05) is 11.1 Å². The van der Waals surface area contributed by atoms with Gasteiger partial charge in [0.1, 0.15) is 23.9 Å². The van der Waals surface area contributed by atoms with Gasteiger partial charge < -0.3 is 11.1 Å². The molecule has 1 aromatic carbocycles. The quantitative estimate of drug-likeness (QED) is 0.482. The van der Waals surface area contributed by atoms with Crippen LogP contribution in [0.5, 0.6) is 0 Å². The summed E-state index contributed by atoms with van der Waals surface area (Å²) in [7, 11) is 0. The van der Waals surface area contributed by atoms with Crippen LogP contribution in [-0.2, 0) is 6.54 Å². The molecule has 0 aliphatic rings. The van der Waals surface area contributed by atoms with Crippen LogP contribution in [0.3, 0.4) is 0 Å². The molecular formula is C18H15ClFN6+. The second kappa shape index (κ2) is 6.61. The minimum Gasteiger partial charge on any atom is -0.378 e. The Hall–Kier alpha value is -3.19. The second-order valence-electron chi connectivity index (χ2n) is 5.75. The summed E-state index contributed by atoms with van der Waals surface area (Å²) < 4.78 is 14.9. The number of benzene rings is 1. The van der Waals surface area contributed by atoms with E-state index in [9.17, 15) is 4.39 Å². The van der Waals surface area contributed by atoms with Crippen molar-refractivity contribution in [3.05, 3.63) is 71.4 Å². The van der Waals surface area contributed by atoms with Crippen LogP contribution in [0.4, 0.5) is 16.0 Å². The van der Waals surface area contributed by atoms with Gasteiger partial charge >= 0.3 is 0 Å².